The van der Waals surface area contributed by atoms with Crippen LogP contribution in [-0.2, 0) is 6.54 Å². The number of benzene rings is 1. The van der Waals surface area contributed by atoms with Crippen molar-refractivity contribution >= 4 is 0 Å². The first-order valence-corrected chi connectivity index (χ1v) is 7.02. The minimum atomic E-state index is 0.378. The first-order chi connectivity index (χ1) is 9.59. The van der Waals surface area contributed by atoms with E-state index in [9.17, 15) is 0 Å². The van der Waals surface area contributed by atoms with E-state index >= 15 is 0 Å². The molecule has 0 aliphatic carbocycles. The van der Waals surface area contributed by atoms with Gasteiger partial charge in [0.15, 0.2) is 0 Å². The van der Waals surface area contributed by atoms with Crippen LogP contribution in [0, 0.1) is 13.8 Å². The Hall–Kier alpha value is -1.65. The molecule has 0 spiro atoms. The number of hydrogen-bond donors (Lipinski definition) is 2. The average molecular weight is 272 g/mol. The summed E-state index contributed by atoms with van der Waals surface area (Å²) in [6.07, 6.45) is 0. The average Bonchev–Trinajstić information content (AvgIpc) is 2.75. The maximum Gasteiger partial charge on any atom is 0.0638 e. The second-order valence-electron chi connectivity index (χ2n) is 5.43. The van der Waals surface area contributed by atoms with Crippen LogP contribution in [0.25, 0.3) is 0 Å². The van der Waals surface area contributed by atoms with Gasteiger partial charge in [-0.15, -0.1) is 0 Å². The van der Waals surface area contributed by atoms with Crippen molar-refractivity contribution in [2.24, 2.45) is 0 Å². The molecule has 4 nitrogen and oxygen atoms in total. The Morgan fingerprint density at radius 2 is 1.90 bits per heavy atom. The summed E-state index contributed by atoms with van der Waals surface area (Å²) >= 11 is 0. The fraction of sp³-hybridized carbons (Fsp3) is 0.438. The maximum atomic E-state index is 4.23. The minimum Gasteiger partial charge on any atom is -0.311 e. The Kier molecular flexibility index (Phi) is 4.93. The zero-order valence-electron chi connectivity index (χ0n) is 12.8. The lowest BCUT2D eigenvalue weighted by atomic mass is 10.1. The SMILES string of the molecule is Cc1n[nH]c(C)c1CNCC(c1ccccc1)N(C)C. The number of hydrogen-bond acceptors (Lipinski definition) is 3. The first-order valence-electron chi connectivity index (χ1n) is 7.02. The molecule has 0 amide bonds. The number of likely N-dealkylation sites (N-methyl/N-ethyl adjacent to an activating group) is 1. The molecule has 0 bridgehead atoms. The number of nitrogens with one attached hydrogen (secondary N) is 2. The van der Waals surface area contributed by atoms with Gasteiger partial charge in [0.25, 0.3) is 0 Å². The highest BCUT2D eigenvalue weighted by Gasteiger charge is 2.14. The van der Waals surface area contributed by atoms with Gasteiger partial charge in [0.2, 0.25) is 0 Å². The highest BCUT2D eigenvalue weighted by Crippen LogP contribution is 2.17. The fourth-order valence-electron chi connectivity index (χ4n) is 2.44. The summed E-state index contributed by atoms with van der Waals surface area (Å²) in [5, 5.41) is 10.8. The molecule has 0 saturated carbocycles. The second kappa shape index (κ2) is 6.68. The Morgan fingerprint density at radius 1 is 1.20 bits per heavy atom. The quantitative estimate of drug-likeness (QED) is 0.849. The van der Waals surface area contributed by atoms with Crippen molar-refractivity contribution < 1.29 is 0 Å². The molecule has 1 unspecified atom stereocenters. The van der Waals surface area contributed by atoms with Crippen LogP contribution in [-0.4, -0.2) is 35.7 Å². The molecular weight excluding hydrogens is 248 g/mol. The minimum absolute atomic E-state index is 0.378. The van der Waals surface area contributed by atoms with E-state index in [2.05, 4.69) is 71.8 Å². The van der Waals surface area contributed by atoms with Gasteiger partial charge in [-0.05, 0) is 33.5 Å². The predicted octanol–water partition coefficient (Wildman–Crippen LogP) is 2.42. The van der Waals surface area contributed by atoms with Crippen LogP contribution < -0.4 is 5.32 Å². The normalized spacial score (nSPS) is 12.8. The smallest absolute Gasteiger partial charge is 0.0638 e. The van der Waals surface area contributed by atoms with Crippen LogP contribution in [0.2, 0.25) is 0 Å². The zero-order valence-corrected chi connectivity index (χ0v) is 12.8. The Morgan fingerprint density at radius 3 is 2.45 bits per heavy atom. The second-order valence-corrected chi connectivity index (χ2v) is 5.43. The summed E-state index contributed by atoms with van der Waals surface area (Å²) in [4.78, 5) is 2.25. The summed E-state index contributed by atoms with van der Waals surface area (Å²) in [6.45, 7) is 5.88. The van der Waals surface area contributed by atoms with Crippen molar-refractivity contribution in [3.05, 3.63) is 52.8 Å². The van der Waals surface area contributed by atoms with Crippen molar-refractivity contribution in [3.8, 4) is 0 Å². The largest absolute Gasteiger partial charge is 0.311 e. The van der Waals surface area contributed by atoms with E-state index in [-0.39, 0.29) is 0 Å². The van der Waals surface area contributed by atoms with E-state index in [1.807, 2.05) is 6.92 Å². The van der Waals surface area contributed by atoms with Crippen LogP contribution >= 0.6 is 0 Å². The van der Waals surface area contributed by atoms with Crippen LogP contribution in [0.15, 0.2) is 30.3 Å². The lowest BCUT2D eigenvalue weighted by Crippen LogP contribution is -2.31. The lowest BCUT2D eigenvalue weighted by Gasteiger charge is -2.25. The Labute approximate surface area is 121 Å². The summed E-state index contributed by atoms with van der Waals surface area (Å²) in [7, 11) is 4.24. The third kappa shape index (κ3) is 3.46. The van der Waals surface area contributed by atoms with E-state index in [0.29, 0.717) is 6.04 Å². The number of aromatic amines is 1. The van der Waals surface area contributed by atoms with Crippen molar-refractivity contribution in [1.29, 1.82) is 0 Å². The summed E-state index contributed by atoms with van der Waals surface area (Å²) < 4.78 is 0. The van der Waals surface area contributed by atoms with Gasteiger partial charge in [-0.3, -0.25) is 5.10 Å². The number of rotatable bonds is 6. The molecule has 1 heterocycles. The molecule has 2 N–H and O–H groups in total. The highest BCUT2D eigenvalue weighted by molar-refractivity contribution is 5.23. The molecule has 1 atom stereocenters. The molecule has 0 aliphatic heterocycles. The molecule has 0 radical (unpaired) electrons. The third-order valence-corrected chi connectivity index (χ3v) is 3.73. The predicted molar refractivity (Wildman–Crippen MR) is 82.6 cm³/mol. The summed E-state index contributed by atoms with van der Waals surface area (Å²) in [6, 6.07) is 11.0. The van der Waals surface area contributed by atoms with Crippen LogP contribution in [0.3, 0.4) is 0 Å². The van der Waals surface area contributed by atoms with Gasteiger partial charge < -0.3 is 10.2 Å². The van der Waals surface area contributed by atoms with E-state index < -0.39 is 0 Å². The molecule has 20 heavy (non-hydrogen) atoms. The van der Waals surface area contributed by atoms with Crippen molar-refractivity contribution in [3.63, 3.8) is 0 Å². The molecule has 0 aliphatic rings. The fourth-order valence-corrected chi connectivity index (χ4v) is 2.44. The molecular formula is C16H24N4. The molecule has 2 rings (SSSR count). The van der Waals surface area contributed by atoms with Gasteiger partial charge in [0.05, 0.1) is 5.69 Å². The maximum absolute atomic E-state index is 4.23. The van der Waals surface area contributed by atoms with Crippen molar-refractivity contribution in [2.45, 2.75) is 26.4 Å². The molecule has 1 aromatic heterocycles. The number of nitrogens with zero attached hydrogens (tertiary/aromatic N) is 2. The third-order valence-electron chi connectivity index (χ3n) is 3.73. The summed E-state index contributed by atoms with van der Waals surface area (Å²) in [5.74, 6) is 0. The topological polar surface area (TPSA) is 44.0 Å². The summed E-state index contributed by atoms with van der Waals surface area (Å²) in [5.41, 5.74) is 4.84. The first kappa shape index (κ1) is 14.8. The number of aromatic nitrogens is 2. The Balaban J connectivity index is 1.97. The molecule has 4 heteroatoms. The number of H-pyrrole nitrogens is 1. The molecule has 0 fully saturated rings. The number of aryl methyl sites for hydroxylation is 2. The highest BCUT2D eigenvalue weighted by atomic mass is 15.1. The zero-order chi connectivity index (χ0) is 14.5. The van der Waals surface area contributed by atoms with Gasteiger partial charge in [0, 0.05) is 30.4 Å². The van der Waals surface area contributed by atoms with Crippen molar-refractivity contribution in [1.82, 2.24) is 20.4 Å². The molecule has 0 saturated heterocycles. The molecule has 2 aromatic rings. The van der Waals surface area contributed by atoms with Crippen molar-refractivity contribution in [2.75, 3.05) is 20.6 Å². The standard InChI is InChI=1S/C16H24N4/c1-12-15(13(2)19-18-12)10-17-11-16(20(3)4)14-8-6-5-7-9-14/h5-9,16-17H,10-11H2,1-4H3,(H,18,19). The lowest BCUT2D eigenvalue weighted by molar-refractivity contribution is 0.288. The van der Waals surface area contributed by atoms with Gasteiger partial charge in [-0.25, -0.2) is 0 Å². The van der Waals surface area contributed by atoms with Crippen LogP contribution in [0.5, 0.6) is 0 Å². The van der Waals surface area contributed by atoms with Gasteiger partial charge in [0.1, 0.15) is 0 Å². The Bertz CT molecular complexity index is 511. The monoisotopic (exact) mass is 272 g/mol. The van der Waals surface area contributed by atoms with Gasteiger partial charge in [-0.2, -0.15) is 5.10 Å². The van der Waals surface area contributed by atoms with E-state index in [4.69, 9.17) is 0 Å². The van der Waals surface area contributed by atoms with Gasteiger partial charge in [-0.1, -0.05) is 30.3 Å². The molecule has 1 aromatic carbocycles. The van der Waals surface area contributed by atoms with E-state index in [1.54, 1.807) is 0 Å². The van der Waals surface area contributed by atoms with E-state index in [0.717, 1.165) is 24.5 Å². The van der Waals surface area contributed by atoms with Crippen LogP contribution in [0.4, 0.5) is 0 Å². The van der Waals surface area contributed by atoms with Gasteiger partial charge >= 0.3 is 0 Å². The molecule has 108 valence electrons. The van der Waals surface area contributed by atoms with Crippen LogP contribution in [0.1, 0.15) is 28.6 Å². The van der Waals surface area contributed by atoms with E-state index in [1.165, 1.54) is 11.1 Å².